The van der Waals surface area contributed by atoms with E-state index >= 15 is 0 Å². The van der Waals surface area contributed by atoms with Crippen LogP contribution in [-0.4, -0.2) is 12.3 Å². The highest BCUT2D eigenvalue weighted by Gasteiger charge is 2.32. The van der Waals surface area contributed by atoms with Crippen molar-refractivity contribution in [2.45, 2.75) is 6.36 Å². The number of furan rings is 1. The van der Waals surface area contributed by atoms with Crippen LogP contribution in [0.15, 0.2) is 46.9 Å². The van der Waals surface area contributed by atoms with Gasteiger partial charge in [0.15, 0.2) is 9.52 Å². The van der Waals surface area contributed by atoms with Crippen LogP contribution in [0.1, 0.15) is 5.76 Å². The number of rotatable bonds is 4. The molecule has 22 heavy (non-hydrogen) atoms. The normalized spacial score (nSPS) is 11.6. The van der Waals surface area contributed by atoms with E-state index in [0.717, 1.165) is 12.1 Å². The molecule has 4 nitrogen and oxygen atoms in total. The molecule has 0 radical (unpaired) electrons. The van der Waals surface area contributed by atoms with Crippen LogP contribution in [0.3, 0.4) is 0 Å². The zero-order chi connectivity index (χ0) is 16.2. The second kappa shape index (κ2) is 6.86. The molecule has 0 spiro atoms. The molecule has 0 atom stereocenters. The third-order valence-electron chi connectivity index (χ3n) is 2.36. The van der Waals surface area contributed by atoms with Gasteiger partial charge in [-0.25, -0.2) is 0 Å². The molecule has 1 amide bonds. The van der Waals surface area contributed by atoms with Crippen LogP contribution in [0.5, 0.6) is 5.75 Å². The van der Waals surface area contributed by atoms with Gasteiger partial charge in [-0.1, -0.05) is 12.1 Å². The van der Waals surface area contributed by atoms with Gasteiger partial charge in [0.25, 0.3) is 0 Å². The van der Waals surface area contributed by atoms with Gasteiger partial charge in [-0.15, -0.1) is 13.2 Å². The van der Waals surface area contributed by atoms with Crippen molar-refractivity contribution in [1.82, 2.24) is 0 Å². The molecular formula is C14H9F3INO3. The lowest BCUT2D eigenvalue weighted by atomic mass is 10.3. The maximum Gasteiger partial charge on any atom is 0.573 e. The summed E-state index contributed by atoms with van der Waals surface area (Å²) in [5, 5.41) is 2.32. The van der Waals surface area contributed by atoms with Crippen molar-refractivity contribution in [1.29, 1.82) is 0 Å². The first-order valence-corrected chi connectivity index (χ1v) is 7.00. The average molecular weight is 423 g/mol. The van der Waals surface area contributed by atoms with Gasteiger partial charge in [0.1, 0.15) is 5.76 Å². The molecule has 1 aromatic carbocycles. The molecule has 1 N–H and O–H groups in total. The monoisotopic (exact) mass is 423 g/mol. The Morgan fingerprint density at radius 1 is 1.23 bits per heavy atom. The van der Waals surface area contributed by atoms with E-state index in [9.17, 15) is 18.0 Å². The summed E-state index contributed by atoms with van der Waals surface area (Å²) in [7, 11) is 0. The Kier molecular flexibility index (Phi) is 5.11. The molecule has 2 aromatic rings. The van der Waals surface area contributed by atoms with Crippen LogP contribution in [0, 0.1) is 3.77 Å². The summed E-state index contributed by atoms with van der Waals surface area (Å²) < 4.78 is 46.5. The Morgan fingerprint density at radius 2 is 1.95 bits per heavy atom. The Balaban J connectivity index is 2.07. The minimum absolute atomic E-state index is 0.0801. The summed E-state index contributed by atoms with van der Waals surface area (Å²) in [4.78, 5) is 11.7. The highest BCUT2D eigenvalue weighted by Crippen LogP contribution is 2.29. The number of carbonyl (C=O) groups is 1. The van der Waals surface area contributed by atoms with Gasteiger partial charge < -0.3 is 14.5 Å². The molecule has 0 bridgehead atoms. The molecule has 0 saturated carbocycles. The molecule has 0 unspecified atom stereocenters. The molecule has 8 heteroatoms. The van der Waals surface area contributed by atoms with E-state index in [1.54, 1.807) is 12.1 Å². The van der Waals surface area contributed by atoms with E-state index in [2.05, 4.69) is 10.1 Å². The first kappa shape index (κ1) is 16.4. The van der Waals surface area contributed by atoms with Crippen LogP contribution in [-0.2, 0) is 4.79 Å². The minimum atomic E-state index is -4.83. The number of carbonyl (C=O) groups excluding carboxylic acids is 1. The fraction of sp³-hybridized carbons (Fsp3) is 0.0714. The Morgan fingerprint density at radius 3 is 2.59 bits per heavy atom. The molecule has 0 aliphatic rings. The van der Waals surface area contributed by atoms with E-state index in [-0.39, 0.29) is 5.69 Å². The van der Waals surface area contributed by atoms with E-state index in [4.69, 9.17) is 4.42 Å². The number of benzene rings is 1. The lowest BCUT2D eigenvalue weighted by Gasteiger charge is -2.12. The van der Waals surface area contributed by atoms with Crippen LogP contribution in [0.2, 0.25) is 0 Å². The molecule has 2 rings (SSSR count). The number of para-hydroxylation sites is 2. The van der Waals surface area contributed by atoms with Crippen molar-refractivity contribution in [3.8, 4) is 5.75 Å². The van der Waals surface area contributed by atoms with Gasteiger partial charge in [-0.3, -0.25) is 4.79 Å². The minimum Gasteiger partial charge on any atom is -0.451 e. The Labute approximate surface area is 137 Å². The Hall–Kier alpha value is -1.97. The number of anilines is 1. The van der Waals surface area contributed by atoms with Crippen molar-refractivity contribution in [2.24, 2.45) is 0 Å². The maximum absolute atomic E-state index is 12.3. The third kappa shape index (κ3) is 5.10. The first-order valence-electron chi connectivity index (χ1n) is 5.93. The number of amides is 1. The first-order chi connectivity index (χ1) is 10.3. The number of ether oxygens (including phenoxy) is 1. The van der Waals surface area contributed by atoms with E-state index in [0.29, 0.717) is 9.53 Å². The van der Waals surface area contributed by atoms with Crippen molar-refractivity contribution in [3.63, 3.8) is 0 Å². The summed E-state index contributed by atoms with van der Waals surface area (Å²) in [6.45, 7) is 0. The fourth-order valence-corrected chi connectivity index (χ4v) is 1.97. The highest BCUT2D eigenvalue weighted by molar-refractivity contribution is 14.1. The smallest absolute Gasteiger partial charge is 0.451 e. The second-order valence-corrected chi connectivity index (χ2v) is 5.07. The number of nitrogens with one attached hydrogen (secondary N) is 1. The quantitative estimate of drug-likeness (QED) is 0.585. The van der Waals surface area contributed by atoms with Gasteiger partial charge in [0, 0.05) is 6.08 Å². The predicted molar refractivity (Wildman–Crippen MR) is 82.2 cm³/mol. The van der Waals surface area contributed by atoms with Crippen LogP contribution in [0.25, 0.3) is 6.08 Å². The zero-order valence-corrected chi connectivity index (χ0v) is 13.0. The molecule has 116 valence electrons. The largest absolute Gasteiger partial charge is 0.573 e. The van der Waals surface area contributed by atoms with Gasteiger partial charge in [0.2, 0.25) is 5.91 Å². The van der Waals surface area contributed by atoms with Crippen LogP contribution in [0.4, 0.5) is 18.9 Å². The van der Waals surface area contributed by atoms with Crippen molar-refractivity contribution >= 4 is 40.3 Å². The molecular weight excluding hydrogens is 414 g/mol. The molecule has 1 aromatic heterocycles. The van der Waals surface area contributed by atoms with Gasteiger partial charge in [-0.05, 0) is 52.9 Å². The summed E-state index contributed by atoms with van der Waals surface area (Å²) in [5.41, 5.74) is -0.0801. The zero-order valence-electron chi connectivity index (χ0n) is 10.9. The number of hydrogen-bond donors (Lipinski definition) is 1. The summed E-state index contributed by atoms with van der Waals surface area (Å²) in [5.74, 6) is -0.631. The topological polar surface area (TPSA) is 51.5 Å². The lowest BCUT2D eigenvalue weighted by molar-refractivity contribution is -0.274. The predicted octanol–water partition coefficient (Wildman–Crippen LogP) is 4.43. The molecule has 1 heterocycles. The maximum atomic E-state index is 12.3. The summed E-state index contributed by atoms with van der Waals surface area (Å²) >= 11 is 1.97. The lowest BCUT2D eigenvalue weighted by Crippen LogP contribution is -2.19. The third-order valence-corrected chi connectivity index (χ3v) is 2.94. The molecule has 0 aliphatic heterocycles. The van der Waals surface area contributed by atoms with Crippen molar-refractivity contribution < 1.29 is 27.1 Å². The number of hydrogen-bond acceptors (Lipinski definition) is 3. The standard InChI is InChI=1S/C14H9F3INO3/c15-14(16,17)22-11-4-2-1-3-10(11)19-13(20)8-6-9-5-7-12(18)21-9/h1-8H,(H,19,20)/b8-6+. The Bertz CT molecular complexity index is 695. The van der Waals surface area contributed by atoms with E-state index in [1.165, 1.54) is 24.3 Å². The van der Waals surface area contributed by atoms with E-state index < -0.39 is 18.0 Å². The van der Waals surface area contributed by atoms with Gasteiger partial charge in [0.05, 0.1) is 5.69 Å². The van der Waals surface area contributed by atoms with E-state index in [1.807, 2.05) is 22.6 Å². The molecule has 0 saturated heterocycles. The SMILES string of the molecule is O=C(/C=C/c1ccc(I)o1)Nc1ccccc1OC(F)(F)F. The number of alkyl halides is 3. The van der Waals surface area contributed by atoms with Crippen LogP contribution < -0.4 is 10.1 Å². The molecule has 0 fully saturated rings. The average Bonchev–Trinajstić information content (AvgIpc) is 2.83. The summed E-state index contributed by atoms with van der Waals surface area (Å²) in [6.07, 6.45) is -2.27. The van der Waals surface area contributed by atoms with Gasteiger partial charge >= 0.3 is 6.36 Å². The van der Waals surface area contributed by atoms with Crippen LogP contribution >= 0.6 is 22.6 Å². The van der Waals surface area contributed by atoms with Gasteiger partial charge in [-0.2, -0.15) is 0 Å². The number of halogens is 4. The second-order valence-electron chi connectivity index (χ2n) is 4.01. The molecule has 0 aliphatic carbocycles. The highest BCUT2D eigenvalue weighted by atomic mass is 127. The fourth-order valence-electron chi connectivity index (χ4n) is 1.53. The van der Waals surface area contributed by atoms with Crippen molar-refractivity contribution in [2.75, 3.05) is 5.32 Å². The summed E-state index contributed by atoms with van der Waals surface area (Å²) in [6, 6.07) is 8.65. The van der Waals surface area contributed by atoms with Crippen molar-refractivity contribution in [3.05, 3.63) is 52.0 Å².